The summed E-state index contributed by atoms with van der Waals surface area (Å²) in [6.07, 6.45) is 1.66. The summed E-state index contributed by atoms with van der Waals surface area (Å²) >= 11 is 2.16. The summed E-state index contributed by atoms with van der Waals surface area (Å²) < 4.78 is 25.4. The summed E-state index contributed by atoms with van der Waals surface area (Å²) in [7, 11) is 4.44. The predicted octanol–water partition coefficient (Wildman–Crippen LogP) is 3.77. The van der Waals surface area contributed by atoms with Crippen LogP contribution in [0.5, 0.6) is 5.75 Å². The number of aromatic nitrogens is 3. The van der Waals surface area contributed by atoms with Gasteiger partial charge in [-0.05, 0) is 36.8 Å². The van der Waals surface area contributed by atoms with Crippen LogP contribution in [0.15, 0.2) is 42.1 Å². The Morgan fingerprint density at radius 1 is 1.24 bits per heavy atom. The standard InChI is InChI=1S/C24H26FN5O5S2/c1-6-11-30-17(12-35-16-9-7-15(25)8-10-16)27-28-24(30)36-13-18(31)26-21-19(23(33)34-5)14(2)20(37-21)22(32)29(3)4/h6-10H,1,11-13H2,2-5H3,(H,26,31). The summed E-state index contributed by atoms with van der Waals surface area (Å²) in [5.41, 5.74) is 0.584. The number of amides is 2. The third-order valence-electron chi connectivity index (χ3n) is 5.01. The highest BCUT2D eigenvalue weighted by atomic mass is 32.2. The van der Waals surface area contributed by atoms with Crippen LogP contribution in [0.1, 0.15) is 31.4 Å². The first kappa shape index (κ1) is 27.9. The van der Waals surface area contributed by atoms with Gasteiger partial charge in [-0.25, -0.2) is 9.18 Å². The summed E-state index contributed by atoms with van der Waals surface area (Å²) in [5.74, 6) is -0.762. The molecule has 13 heteroatoms. The molecule has 1 N–H and O–H groups in total. The van der Waals surface area contributed by atoms with Gasteiger partial charge in [0.2, 0.25) is 5.91 Å². The lowest BCUT2D eigenvalue weighted by atomic mass is 10.1. The maximum absolute atomic E-state index is 13.1. The molecule has 0 atom stereocenters. The zero-order chi connectivity index (χ0) is 27.1. The number of halogens is 1. The summed E-state index contributed by atoms with van der Waals surface area (Å²) in [6, 6.07) is 5.61. The van der Waals surface area contributed by atoms with Crippen molar-refractivity contribution in [2.75, 3.05) is 32.3 Å². The van der Waals surface area contributed by atoms with E-state index in [9.17, 15) is 18.8 Å². The second-order valence-corrected chi connectivity index (χ2v) is 9.79. The predicted molar refractivity (Wildman–Crippen MR) is 139 cm³/mol. The van der Waals surface area contributed by atoms with Crippen LogP contribution in [0.2, 0.25) is 0 Å². The van der Waals surface area contributed by atoms with Crippen molar-refractivity contribution in [3.63, 3.8) is 0 Å². The number of carbonyl (C=O) groups is 3. The fourth-order valence-corrected chi connectivity index (χ4v) is 5.17. The molecule has 0 fully saturated rings. The largest absolute Gasteiger partial charge is 0.486 e. The average Bonchev–Trinajstić information content (AvgIpc) is 3.41. The van der Waals surface area contributed by atoms with Gasteiger partial charge in [-0.3, -0.25) is 14.2 Å². The second-order valence-electron chi connectivity index (χ2n) is 7.83. The molecule has 1 aromatic carbocycles. The number of nitrogens with one attached hydrogen (secondary N) is 1. The molecule has 196 valence electrons. The van der Waals surface area contributed by atoms with Gasteiger partial charge in [0.25, 0.3) is 5.91 Å². The van der Waals surface area contributed by atoms with Crippen molar-refractivity contribution in [2.45, 2.75) is 25.2 Å². The third kappa shape index (κ3) is 6.74. The monoisotopic (exact) mass is 547 g/mol. The van der Waals surface area contributed by atoms with Gasteiger partial charge >= 0.3 is 5.97 Å². The highest BCUT2D eigenvalue weighted by Gasteiger charge is 2.27. The molecule has 0 radical (unpaired) electrons. The summed E-state index contributed by atoms with van der Waals surface area (Å²) in [6.45, 7) is 5.85. The molecule has 0 unspecified atom stereocenters. The van der Waals surface area contributed by atoms with Crippen molar-refractivity contribution in [2.24, 2.45) is 0 Å². The van der Waals surface area contributed by atoms with Gasteiger partial charge in [0.1, 0.15) is 23.2 Å². The molecule has 3 rings (SSSR count). The lowest BCUT2D eigenvalue weighted by Gasteiger charge is -2.09. The molecule has 0 aliphatic rings. The summed E-state index contributed by atoms with van der Waals surface area (Å²) in [4.78, 5) is 39.4. The Balaban J connectivity index is 1.71. The lowest BCUT2D eigenvalue weighted by molar-refractivity contribution is -0.113. The van der Waals surface area contributed by atoms with E-state index >= 15 is 0 Å². The first-order chi connectivity index (χ1) is 17.7. The number of anilines is 1. The molecule has 0 spiro atoms. The molecule has 10 nitrogen and oxygen atoms in total. The van der Waals surface area contributed by atoms with Crippen molar-refractivity contribution in [3.05, 3.63) is 64.6 Å². The SMILES string of the molecule is C=CCn1c(COc2ccc(F)cc2)nnc1SCC(=O)Nc1sc(C(=O)N(C)C)c(C)c1C(=O)OC. The zero-order valence-corrected chi connectivity index (χ0v) is 22.4. The van der Waals surface area contributed by atoms with E-state index in [0.29, 0.717) is 33.7 Å². The van der Waals surface area contributed by atoms with Gasteiger partial charge in [-0.1, -0.05) is 17.8 Å². The minimum Gasteiger partial charge on any atom is -0.486 e. The number of esters is 1. The number of carbonyl (C=O) groups excluding carboxylic acids is 3. The van der Waals surface area contributed by atoms with E-state index in [2.05, 4.69) is 22.1 Å². The van der Waals surface area contributed by atoms with Gasteiger partial charge in [0.05, 0.1) is 23.3 Å². The van der Waals surface area contributed by atoms with Crippen LogP contribution >= 0.6 is 23.1 Å². The number of thiophene rings is 1. The van der Waals surface area contributed by atoms with Gasteiger partial charge in [0, 0.05) is 20.6 Å². The average molecular weight is 548 g/mol. The van der Waals surface area contributed by atoms with E-state index < -0.39 is 11.9 Å². The fraction of sp³-hybridized carbons (Fsp3) is 0.292. The maximum atomic E-state index is 13.1. The molecule has 0 aliphatic heterocycles. The van der Waals surface area contributed by atoms with Crippen molar-refractivity contribution in [1.29, 1.82) is 0 Å². The molecule has 0 bridgehead atoms. The van der Waals surface area contributed by atoms with Crippen molar-refractivity contribution < 1.29 is 28.2 Å². The van der Waals surface area contributed by atoms with Crippen molar-refractivity contribution in [3.8, 4) is 5.75 Å². The molecule has 2 heterocycles. The highest BCUT2D eigenvalue weighted by Crippen LogP contribution is 2.34. The Bertz CT molecular complexity index is 1300. The Morgan fingerprint density at radius 2 is 1.95 bits per heavy atom. The number of hydrogen-bond acceptors (Lipinski definition) is 9. The molecular weight excluding hydrogens is 521 g/mol. The first-order valence-electron chi connectivity index (χ1n) is 10.9. The number of rotatable bonds is 11. The molecule has 3 aromatic rings. The van der Waals surface area contributed by atoms with E-state index in [1.54, 1.807) is 31.7 Å². The number of methoxy groups -OCH3 is 1. The topological polar surface area (TPSA) is 116 Å². The quantitative estimate of drug-likeness (QED) is 0.219. The molecule has 0 saturated heterocycles. The van der Waals surface area contributed by atoms with Crippen molar-refractivity contribution in [1.82, 2.24) is 19.7 Å². The number of allylic oxidation sites excluding steroid dienone is 1. The van der Waals surface area contributed by atoms with Crippen LogP contribution in [-0.4, -0.2) is 64.4 Å². The minimum atomic E-state index is -0.647. The Kier molecular flexibility index (Phi) is 9.42. The minimum absolute atomic E-state index is 0.0391. The first-order valence-corrected chi connectivity index (χ1v) is 12.7. The maximum Gasteiger partial charge on any atom is 0.341 e. The molecule has 2 aromatic heterocycles. The van der Waals surface area contributed by atoms with E-state index in [1.165, 1.54) is 36.3 Å². The van der Waals surface area contributed by atoms with Crippen LogP contribution in [-0.2, 0) is 22.7 Å². The van der Waals surface area contributed by atoms with Crippen LogP contribution in [0.4, 0.5) is 9.39 Å². The number of hydrogen-bond donors (Lipinski definition) is 1. The van der Waals surface area contributed by atoms with Crippen LogP contribution in [0, 0.1) is 12.7 Å². The molecule has 0 saturated carbocycles. The second kappa shape index (κ2) is 12.5. The normalized spacial score (nSPS) is 10.6. The fourth-order valence-electron chi connectivity index (χ4n) is 3.17. The van der Waals surface area contributed by atoms with E-state index in [4.69, 9.17) is 9.47 Å². The number of benzene rings is 1. The molecular formula is C24H26FN5O5S2. The highest BCUT2D eigenvalue weighted by molar-refractivity contribution is 7.99. The smallest absolute Gasteiger partial charge is 0.341 e. The Hall–Kier alpha value is -3.71. The van der Waals surface area contributed by atoms with Gasteiger partial charge < -0.3 is 19.7 Å². The van der Waals surface area contributed by atoms with Gasteiger partial charge in [-0.15, -0.1) is 28.1 Å². The van der Waals surface area contributed by atoms with E-state index in [-0.39, 0.29) is 34.6 Å². The summed E-state index contributed by atoms with van der Waals surface area (Å²) in [5, 5.41) is 11.7. The van der Waals surface area contributed by atoms with Gasteiger partial charge in [-0.2, -0.15) is 0 Å². The lowest BCUT2D eigenvalue weighted by Crippen LogP contribution is -2.21. The Labute approximate surface area is 221 Å². The number of thioether (sulfide) groups is 1. The van der Waals surface area contributed by atoms with Crippen LogP contribution in [0.25, 0.3) is 0 Å². The Morgan fingerprint density at radius 3 is 2.57 bits per heavy atom. The van der Waals surface area contributed by atoms with E-state index in [1.807, 2.05) is 0 Å². The number of ether oxygens (including phenoxy) is 2. The van der Waals surface area contributed by atoms with Crippen LogP contribution < -0.4 is 10.1 Å². The van der Waals surface area contributed by atoms with Crippen molar-refractivity contribution >= 4 is 45.9 Å². The molecule has 0 aliphatic carbocycles. The van der Waals surface area contributed by atoms with Gasteiger partial charge in [0.15, 0.2) is 11.0 Å². The number of nitrogens with zero attached hydrogens (tertiary/aromatic N) is 4. The third-order valence-corrected chi connectivity index (χ3v) is 7.17. The molecule has 37 heavy (non-hydrogen) atoms. The van der Waals surface area contributed by atoms with Crippen LogP contribution in [0.3, 0.4) is 0 Å². The van der Waals surface area contributed by atoms with E-state index in [0.717, 1.165) is 23.1 Å². The zero-order valence-electron chi connectivity index (χ0n) is 20.7. The molecule has 2 amide bonds.